The molecule has 8 heteroatoms. The number of aromatic nitrogens is 1. The van der Waals surface area contributed by atoms with Crippen molar-refractivity contribution in [3.8, 4) is 10.6 Å². The summed E-state index contributed by atoms with van der Waals surface area (Å²) in [6, 6.07) is 14.4. The Morgan fingerprint density at radius 3 is 2.43 bits per heavy atom. The number of amides is 2. The van der Waals surface area contributed by atoms with Gasteiger partial charge in [-0.2, -0.15) is 0 Å². The predicted octanol–water partition coefficient (Wildman–Crippen LogP) is 3.25. The Balaban J connectivity index is 1.79. The van der Waals surface area contributed by atoms with Crippen molar-refractivity contribution >= 4 is 34.8 Å². The van der Waals surface area contributed by atoms with Crippen molar-refractivity contribution in [3.63, 3.8) is 0 Å². The van der Waals surface area contributed by atoms with E-state index in [0.717, 1.165) is 10.4 Å². The lowest BCUT2D eigenvalue weighted by Gasteiger charge is -2.14. The van der Waals surface area contributed by atoms with E-state index in [2.05, 4.69) is 10.7 Å². The Kier molecular flexibility index (Phi) is 5.90. The number of hydrogen-bond donors (Lipinski definition) is 3. The first-order valence-electron chi connectivity index (χ1n) is 8.59. The molecular formula is C20H19N3O4S. The molecule has 0 spiro atoms. The summed E-state index contributed by atoms with van der Waals surface area (Å²) in [6.45, 7) is 1.93. The zero-order valence-electron chi connectivity index (χ0n) is 15.1. The molecule has 0 aliphatic rings. The van der Waals surface area contributed by atoms with Crippen LogP contribution in [0.25, 0.3) is 10.6 Å². The maximum Gasteiger partial charge on any atom is 0.328 e. The first-order valence-corrected chi connectivity index (χ1v) is 9.47. The van der Waals surface area contributed by atoms with Crippen molar-refractivity contribution in [2.75, 3.05) is 10.7 Å². The molecule has 2 amide bonds. The van der Waals surface area contributed by atoms with Gasteiger partial charge in [-0.1, -0.05) is 23.8 Å². The third kappa shape index (κ3) is 4.66. The highest BCUT2D eigenvalue weighted by Gasteiger charge is 2.19. The second-order valence-corrected chi connectivity index (χ2v) is 7.13. The van der Waals surface area contributed by atoms with Gasteiger partial charge in [0.05, 0.1) is 17.0 Å². The molecular weight excluding hydrogens is 378 g/mol. The lowest BCUT2D eigenvalue weighted by atomic mass is 10.2. The average Bonchev–Trinajstić information content (AvgIpc) is 3.31. The molecule has 0 atom stereocenters. The van der Waals surface area contributed by atoms with Crippen molar-refractivity contribution in [1.82, 2.24) is 4.68 Å². The van der Waals surface area contributed by atoms with Gasteiger partial charge in [0.25, 0.3) is 0 Å². The molecule has 3 aromatic rings. The number of thiophene rings is 1. The highest BCUT2D eigenvalue weighted by molar-refractivity contribution is 7.13. The number of benzene rings is 1. The zero-order chi connectivity index (χ0) is 20.1. The van der Waals surface area contributed by atoms with E-state index in [1.54, 1.807) is 24.3 Å². The smallest absolute Gasteiger partial charge is 0.328 e. The Morgan fingerprint density at radius 1 is 1.04 bits per heavy atom. The number of carbonyl (C=O) groups excluding carboxylic acids is 2. The van der Waals surface area contributed by atoms with E-state index in [4.69, 9.17) is 5.11 Å². The molecule has 0 radical (unpaired) electrons. The quantitative estimate of drug-likeness (QED) is 0.556. The predicted molar refractivity (Wildman–Crippen MR) is 108 cm³/mol. The Bertz CT molecular complexity index is 991. The topological polar surface area (TPSA) is 100 Å². The van der Waals surface area contributed by atoms with Gasteiger partial charge in [-0.15, -0.1) is 11.3 Å². The van der Waals surface area contributed by atoms with Crippen molar-refractivity contribution < 1.29 is 19.5 Å². The number of carbonyl (C=O) groups is 3. The summed E-state index contributed by atoms with van der Waals surface area (Å²) in [7, 11) is 0. The minimum absolute atomic E-state index is 0.0840. The third-order valence-electron chi connectivity index (χ3n) is 4.06. The fourth-order valence-corrected chi connectivity index (χ4v) is 3.38. The molecule has 2 aromatic heterocycles. The number of hydrogen-bond acceptors (Lipinski definition) is 4. The lowest BCUT2D eigenvalue weighted by molar-refractivity contribution is -0.137. The van der Waals surface area contributed by atoms with Crippen molar-refractivity contribution in [2.24, 2.45) is 0 Å². The number of rotatable bonds is 6. The molecule has 3 N–H and O–H groups in total. The van der Waals surface area contributed by atoms with Crippen LogP contribution in [0.5, 0.6) is 0 Å². The highest BCUT2D eigenvalue weighted by Crippen LogP contribution is 2.26. The molecule has 7 nitrogen and oxygen atoms in total. The van der Waals surface area contributed by atoms with Gasteiger partial charge >= 0.3 is 17.8 Å². The number of nitrogens with one attached hydrogen (secondary N) is 2. The summed E-state index contributed by atoms with van der Waals surface area (Å²) in [5.41, 5.74) is 5.42. The molecule has 144 valence electrons. The summed E-state index contributed by atoms with van der Waals surface area (Å²) in [5.74, 6) is -2.58. The summed E-state index contributed by atoms with van der Waals surface area (Å²) in [6.07, 6.45) is 0.139. The highest BCUT2D eigenvalue weighted by atomic mass is 32.1. The molecule has 1 aromatic carbocycles. The minimum Gasteiger partial charge on any atom is -0.481 e. The Hall–Kier alpha value is -3.39. The Morgan fingerprint density at radius 2 is 1.79 bits per heavy atom. The fourth-order valence-electron chi connectivity index (χ4n) is 2.63. The largest absolute Gasteiger partial charge is 0.481 e. The van der Waals surface area contributed by atoms with Gasteiger partial charge in [0.2, 0.25) is 0 Å². The number of aryl methyl sites for hydroxylation is 2. The minimum atomic E-state index is -0.936. The van der Waals surface area contributed by atoms with Crippen LogP contribution < -0.4 is 10.7 Å². The van der Waals surface area contributed by atoms with Crippen LogP contribution in [-0.2, 0) is 20.8 Å². The molecule has 2 heterocycles. The monoisotopic (exact) mass is 397 g/mol. The van der Waals surface area contributed by atoms with Gasteiger partial charge in [-0.05, 0) is 42.6 Å². The van der Waals surface area contributed by atoms with Gasteiger partial charge in [-0.3, -0.25) is 24.5 Å². The maximum atomic E-state index is 12.4. The van der Waals surface area contributed by atoms with E-state index in [1.165, 1.54) is 16.0 Å². The zero-order valence-corrected chi connectivity index (χ0v) is 16.0. The summed E-state index contributed by atoms with van der Waals surface area (Å²) >= 11 is 1.48. The molecule has 28 heavy (non-hydrogen) atoms. The van der Waals surface area contributed by atoms with Gasteiger partial charge in [0, 0.05) is 17.8 Å². The molecule has 3 rings (SSSR count). The van der Waals surface area contributed by atoms with Crippen molar-refractivity contribution in [3.05, 3.63) is 65.2 Å². The van der Waals surface area contributed by atoms with Crippen LogP contribution >= 0.6 is 11.3 Å². The van der Waals surface area contributed by atoms with Crippen LogP contribution in [0.1, 0.15) is 17.7 Å². The van der Waals surface area contributed by atoms with Gasteiger partial charge in [0.1, 0.15) is 0 Å². The van der Waals surface area contributed by atoms with Gasteiger partial charge < -0.3 is 10.4 Å². The molecule has 0 aliphatic heterocycles. The first kappa shape index (κ1) is 19.4. The van der Waals surface area contributed by atoms with Crippen LogP contribution in [0.2, 0.25) is 0 Å². The van der Waals surface area contributed by atoms with E-state index < -0.39 is 17.8 Å². The maximum absolute atomic E-state index is 12.4. The van der Waals surface area contributed by atoms with Crippen molar-refractivity contribution in [2.45, 2.75) is 19.8 Å². The van der Waals surface area contributed by atoms with E-state index in [0.29, 0.717) is 17.1 Å². The number of anilines is 1. The lowest BCUT2D eigenvalue weighted by Crippen LogP contribution is -2.35. The van der Waals surface area contributed by atoms with Gasteiger partial charge in [0.15, 0.2) is 0 Å². The average molecular weight is 397 g/mol. The normalized spacial score (nSPS) is 10.5. The Labute approximate surface area is 165 Å². The van der Waals surface area contributed by atoms with Crippen LogP contribution in [0.15, 0.2) is 53.9 Å². The van der Waals surface area contributed by atoms with Crippen LogP contribution in [0.4, 0.5) is 5.69 Å². The second kappa shape index (κ2) is 8.53. The van der Waals surface area contributed by atoms with Crippen LogP contribution in [0.3, 0.4) is 0 Å². The number of carboxylic acid groups (broad SMARTS) is 1. The molecule has 0 bridgehead atoms. The SMILES string of the molecule is Cc1ccc(NC(=O)C(=O)Nn2c(CCC(=O)O)ccc2-c2cccs2)cc1. The van der Waals surface area contributed by atoms with Crippen LogP contribution in [0, 0.1) is 6.92 Å². The van der Waals surface area contributed by atoms with Gasteiger partial charge in [-0.25, -0.2) is 0 Å². The fraction of sp³-hybridized carbons (Fsp3) is 0.150. The number of carboxylic acids is 1. The third-order valence-corrected chi connectivity index (χ3v) is 4.95. The van der Waals surface area contributed by atoms with E-state index in [1.807, 2.05) is 36.6 Å². The molecule has 0 fully saturated rings. The summed E-state index contributed by atoms with van der Waals surface area (Å²) in [5, 5.41) is 13.4. The molecule has 0 aliphatic carbocycles. The molecule has 0 saturated carbocycles. The van der Waals surface area contributed by atoms with E-state index in [9.17, 15) is 14.4 Å². The number of nitrogens with zero attached hydrogens (tertiary/aromatic N) is 1. The number of aliphatic carboxylic acids is 1. The molecule has 0 saturated heterocycles. The first-order chi connectivity index (χ1) is 13.4. The van der Waals surface area contributed by atoms with Crippen molar-refractivity contribution in [1.29, 1.82) is 0 Å². The molecule has 0 unspecified atom stereocenters. The summed E-state index contributed by atoms with van der Waals surface area (Å²) in [4.78, 5) is 36.5. The van der Waals surface area contributed by atoms with Crippen LogP contribution in [-0.4, -0.2) is 27.6 Å². The standard InChI is InChI=1S/C20H19N3O4S/c1-13-4-6-14(7-5-13)21-19(26)20(27)22-23-15(9-11-18(24)25)8-10-16(23)17-3-2-12-28-17/h2-8,10,12H,9,11H2,1H3,(H,21,26)(H,22,27)(H,24,25). The van der Waals surface area contributed by atoms with E-state index >= 15 is 0 Å². The summed E-state index contributed by atoms with van der Waals surface area (Å²) < 4.78 is 1.48. The van der Waals surface area contributed by atoms with E-state index in [-0.39, 0.29) is 12.8 Å². The second-order valence-electron chi connectivity index (χ2n) is 6.18.